The monoisotopic (exact) mass is 952 g/mol. The molecular formula is C60H105NO7. The number of aliphatic carboxylic acids is 1. The SMILES string of the molecule is CC/C=C\C/C=C\C/C=C\C/C=C\CCCCCCCCCCCCC(=O)OC(COCCC(C(=O)[O-])[N+](C)(C)C)COC(=O)CCCCCCCCCCC/C=C\C/C=C\CCCCCCC. The molecule has 0 aromatic heterocycles. The first-order valence-electron chi connectivity index (χ1n) is 28.0. The van der Waals surface area contributed by atoms with Crippen molar-refractivity contribution in [2.45, 2.75) is 251 Å². The molecule has 0 aromatic rings. The number of likely N-dealkylation sites (N-methyl/N-ethyl adjacent to an activating group) is 1. The molecule has 0 spiro atoms. The van der Waals surface area contributed by atoms with Crippen LogP contribution in [0.4, 0.5) is 0 Å². The molecule has 2 unspecified atom stereocenters. The Hall–Kier alpha value is -3.23. The number of unbranched alkanes of at least 4 members (excludes halogenated alkanes) is 24. The highest BCUT2D eigenvalue weighted by Gasteiger charge is 2.25. The zero-order chi connectivity index (χ0) is 49.9. The Morgan fingerprint density at radius 3 is 1.22 bits per heavy atom. The predicted octanol–water partition coefficient (Wildman–Crippen LogP) is 15.3. The highest BCUT2D eigenvalue weighted by Crippen LogP contribution is 2.15. The van der Waals surface area contributed by atoms with Gasteiger partial charge in [-0.2, -0.15) is 0 Å². The lowest BCUT2D eigenvalue weighted by atomic mass is 10.0. The lowest BCUT2D eigenvalue weighted by Crippen LogP contribution is -2.55. The molecule has 0 saturated heterocycles. The van der Waals surface area contributed by atoms with E-state index in [2.05, 4.69) is 86.8 Å². The number of quaternary nitrogens is 1. The van der Waals surface area contributed by atoms with Gasteiger partial charge in [-0.25, -0.2) is 0 Å². The summed E-state index contributed by atoms with van der Waals surface area (Å²) >= 11 is 0. The van der Waals surface area contributed by atoms with E-state index in [-0.39, 0.29) is 42.7 Å². The molecule has 0 aliphatic rings. The van der Waals surface area contributed by atoms with E-state index in [0.29, 0.717) is 12.8 Å². The van der Waals surface area contributed by atoms with Crippen molar-refractivity contribution in [3.05, 3.63) is 72.9 Å². The maximum atomic E-state index is 12.8. The van der Waals surface area contributed by atoms with Gasteiger partial charge in [-0.3, -0.25) is 9.59 Å². The van der Waals surface area contributed by atoms with Crippen molar-refractivity contribution in [1.82, 2.24) is 0 Å². The minimum absolute atomic E-state index is 0.0357. The predicted molar refractivity (Wildman–Crippen MR) is 286 cm³/mol. The van der Waals surface area contributed by atoms with Gasteiger partial charge >= 0.3 is 11.9 Å². The topological polar surface area (TPSA) is 102 Å². The van der Waals surface area contributed by atoms with Gasteiger partial charge in [0.25, 0.3) is 0 Å². The first-order chi connectivity index (χ1) is 33.1. The Balaban J connectivity index is 4.21. The molecule has 0 aromatic carbocycles. The van der Waals surface area contributed by atoms with Crippen LogP contribution in [0.25, 0.3) is 0 Å². The summed E-state index contributed by atoms with van der Waals surface area (Å²) in [5.41, 5.74) is 0. The fourth-order valence-electron chi connectivity index (χ4n) is 8.03. The number of carboxylic acid groups (broad SMARTS) is 1. The normalized spacial score (nSPS) is 13.4. The Labute approximate surface area is 419 Å². The van der Waals surface area contributed by atoms with Gasteiger partial charge < -0.3 is 28.6 Å². The molecule has 0 fully saturated rings. The molecule has 392 valence electrons. The third-order valence-electron chi connectivity index (χ3n) is 12.3. The minimum Gasteiger partial charge on any atom is -0.544 e. The number of carbonyl (C=O) groups is 3. The smallest absolute Gasteiger partial charge is 0.306 e. The highest BCUT2D eigenvalue weighted by atomic mass is 16.6. The van der Waals surface area contributed by atoms with Crippen molar-refractivity contribution < 1.29 is 38.2 Å². The summed E-state index contributed by atoms with van der Waals surface area (Å²) in [6, 6.07) is -0.731. The fraction of sp³-hybridized carbons (Fsp3) is 0.750. The number of allylic oxidation sites excluding steroid dienone is 12. The lowest BCUT2D eigenvalue weighted by Gasteiger charge is -2.34. The Morgan fingerprint density at radius 2 is 0.824 bits per heavy atom. The molecule has 0 rings (SSSR count). The van der Waals surface area contributed by atoms with Crippen molar-refractivity contribution in [2.75, 3.05) is 41.0 Å². The standard InChI is InChI=1S/C60H105NO7/c1-6-8-10-12-14-16-18-20-22-24-26-28-29-31-33-35-37-39-41-43-45-47-49-51-59(63)68-56(54-66-53-52-57(60(64)65)61(3,4)5)55-67-58(62)50-48-46-44-42-40-38-36-34-32-30-27-25-23-21-19-17-15-13-11-9-7-2/h8,10,14,16,19-22,25-28,56-57H,6-7,9,11-13,15,17-18,23-24,29-55H2,1-5H3/b10-8-,16-14-,21-19-,22-20-,27-25-,28-26-. The second-order valence-electron chi connectivity index (χ2n) is 19.8. The molecule has 2 atom stereocenters. The van der Waals surface area contributed by atoms with Crippen LogP contribution < -0.4 is 5.11 Å². The molecule has 8 nitrogen and oxygen atoms in total. The lowest BCUT2D eigenvalue weighted by molar-refractivity contribution is -0.889. The van der Waals surface area contributed by atoms with Crippen LogP contribution in [0.15, 0.2) is 72.9 Å². The molecule has 0 N–H and O–H groups in total. The van der Waals surface area contributed by atoms with Crippen LogP contribution in [-0.2, 0) is 28.6 Å². The molecule has 0 heterocycles. The molecule has 0 aliphatic carbocycles. The van der Waals surface area contributed by atoms with Gasteiger partial charge in [0.1, 0.15) is 12.6 Å². The number of rotatable bonds is 50. The highest BCUT2D eigenvalue weighted by molar-refractivity contribution is 5.70. The first kappa shape index (κ1) is 64.8. The van der Waals surface area contributed by atoms with Gasteiger partial charge in [-0.05, 0) is 83.5 Å². The third kappa shape index (κ3) is 47.8. The van der Waals surface area contributed by atoms with Crippen LogP contribution in [0.1, 0.15) is 239 Å². The average Bonchev–Trinajstić information content (AvgIpc) is 3.30. The maximum Gasteiger partial charge on any atom is 0.306 e. The van der Waals surface area contributed by atoms with Crippen molar-refractivity contribution in [3.8, 4) is 0 Å². The summed E-state index contributed by atoms with van der Waals surface area (Å²) in [4.78, 5) is 37.1. The van der Waals surface area contributed by atoms with E-state index in [1.807, 2.05) is 0 Å². The van der Waals surface area contributed by atoms with E-state index in [4.69, 9.17) is 14.2 Å². The van der Waals surface area contributed by atoms with Gasteiger partial charge in [0.2, 0.25) is 0 Å². The number of carbonyl (C=O) groups excluding carboxylic acids is 3. The summed E-state index contributed by atoms with van der Waals surface area (Å²) in [5, 5.41) is 11.7. The van der Waals surface area contributed by atoms with Gasteiger partial charge in [0, 0.05) is 19.3 Å². The second-order valence-corrected chi connectivity index (χ2v) is 19.8. The summed E-state index contributed by atoms with van der Waals surface area (Å²) in [5.74, 6) is -1.74. The van der Waals surface area contributed by atoms with Crippen molar-refractivity contribution >= 4 is 17.9 Å². The number of esters is 2. The van der Waals surface area contributed by atoms with E-state index >= 15 is 0 Å². The van der Waals surface area contributed by atoms with Crippen LogP contribution >= 0.6 is 0 Å². The molecule has 0 bridgehead atoms. The molecule has 0 radical (unpaired) electrons. The van der Waals surface area contributed by atoms with Gasteiger partial charge in [0.15, 0.2) is 6.10 Å². The number of hydrogen-bond acceptors (Lipinski definition) is 7. The molecule has 0 amide bonds. The minimum atomic E-state index is -1.13. The molecule has 8 heteroatoms. The number of ether oxygens (including phenoxy) is 3. The quantitative estimate of drug-likeness (QED) is 0.0259. The van der Waals surface area contributed by atoms with Gasteiger partial charge in [-0.1, -0.05) is 209 Å². The number of nitrogens with zero attached hydrogens (tertiary/aromatic N) is 1. The Bertz CT molecular complexity index is 1340. The molecular weight excluding hydrogens is 847 g/mol. The Morgan fingerprint density at radius 1 is 0.456 bits per heavy atom. The first-order valence-corrected chi connectivity index (χ1v) is 28.0. The van der Waals surface area contributed by atoms with Crippen LogP contribution in [0.5, 0.6) is 0 Å². The van der Waals surface area contributed by atoms with Crippen molar-refractivity contribution in [2.24, 2.45) is 0 Å². The average molecular weight is 952 g/mol. The van der Waals surface area contributed by atoms with E-state index < -0.39 is 18.1 Å². The second kappa shape index (κ2) is 50.2. The maximum absolute atomic E-state index is 12.8. The Kier molecular flexibility index (Phi) is 47.8. The van der Waals surface area contributed by atoms with Gasteiger partial charge in [-0.15, -0.1) is 0 Å². The van der Waals surface area contributed by atoms with E-state index in [9.17, 15) is 19.5 Å². The number of carboxylic acids is 1. The summed E-state index contributed by atoms with van der Waals surface area (Å²) < 4.78 is 17.3. The van der Waals surface area contributed by atoms with Crippen LogP contribution in [0, 0.1) is 0 Å². The van der Waals surface area contributed by atoms with E-state index in [0.717, 1.165) is 70.6 Å². The van der Waals surface area contributed by atoms with Crippen LogP contribution in [-0.4, -0.2) is 75.5 Å². The summed E-state index contributed by atoms with van der Waals surface area (Å²) in [6.07, 6.45) is 65.0. The largest absolute Gasteiger partial charge is 0.544 e. The zero-order valence-corrected chi connectivity index (χ0v) is 44.8. The molecule has 68 heavy (non-hydrogen) atoms. The summed E-state index contributed by atoms with van der Waals surface area (Å²) in [6.45, 7) is 4.55. The fourth-order valence-corrected chi connectivity index (χ4v) is 8.03. The van der Waals surface area contributed by atoms with E-state index in [1.165, 1.54) is 135 Å². The van der Waals surface area contributed by atoms with Crippen molar-refractivity contribution in [3.63, 3.8) is 0 Å². The van der Waals surface area contributed by atoms with Crippen LogP contribution in [0.2, 0.25) is 0 Å². The van der Waals surface area contributed by atoms with Crippen LogP contribution in [0.3, 0.4) is 0 Å². The van der Waals surface area contributed by atoms with Crippen molar-refractivity contribution in [1.29, 1.82) is 0 Å². The summed E-state index contributed by atoms with van der Waals surface area (Å²) in [7, 11) is 5.42. The van der Waals surface area contributed by atoms with Gasteiger partial charge in [0.05, 0.1) is 40.3 Å². The molecule has 0 saturated carbocycles. The zero-order valence-electron chi connectivity index (χ0n) is 44.8. The third-order valence-corrected chi connectivity index (χ3v) is 12.3. The van der Waals surface area contributed by atoms with E-state index in [1.54, 1.807) is 21.1 Å². The number of hydrogen-bond donors (Lipinski definition) is 0. The molecule has 0 aliphatic heterocycles.